The summed E-state index contributed by atoms with van der Waals surface area (Å²) in [4.78, 5) is 1.33. The molecule has 0 bridgehead atoms. The Balaban J connectivity index is 1.93. The van der Waals surface area contributed by atoms with Crippen LogP contribution in [0.3, 0.4) is 0 Å². The van der Waals surface area contributed by atoms with E-state index in [1.54, 1.807) is 11.3 Å². The number of benzene rings is 1. The molecule has 0 aliphatic carbocycles. The number of nitrogen functional groups attached to an aromatic ring is 1. The number of hydrogen-bond donors (Lipinski definition) is 1. The van der Waals surface area contributed by atoms with Crippen molar-refractivity contribution in [2.75, 3.05) is 12.3 Å². The van der Waals surface area contributed by atoms with Crippen molar-refractivity contribution in [3.05, 3.63) is 40.6 Å². The lowest BCUT2D eigenvalue weighted by Crippen LogP contribution is -2.08. The van der Waals surface area contributed by atoms with Crippen LogP contribution >= 0.6 is 11.3 Å². The highest BCUT2D eigenvalue weighted by atomic mass is 32.1. The SMILES string of the molecule is CC(C)Oc1cc(OCCc2cccs2)ccc1N. The summed E-state index contributed by atoms with van der Waals surface area (Å²) < 4.78 is 11.4. The van der Waals surface area contributed by atoms with Gasteiger partial charge in [-0.1, -0.05) is 6.07 Å². The van der Waals surface area contributed by atoms with E-state index >= 15 is 0 Å². The van der Waals surface area contributed by atoms with Gasteiger partial charge in [-0.05, 0) is 37.4 Å². The van der Waals surface area contributed by atoms with Gasteiger partial charge in [0.25, 0.3) is 0 Å². The molecule has 0 unspecified atom stereocenters. The zero-order chi connectivity index (χ0) is 13.7. The summed E-state index contributed by atoms with van der Waals surface area (Å²) in [6, 6.07) is 9.71. The Labute approximate surface area is 118 Å². The molecule has 0 saturated carbocycles. The third-order valence-electron chi connectivity index (χ3n) is 2.54. The summed E-state index contributed by atoms with van der Waals surface area (Å²) in [6.45, 7) is 4.61. The van der Waals surface area contributed by atoms with E-state index < -0.39 is 0 Å². The number of thiophene rings is 1. The van der Waals surface area contributed by atoms with Crippen LogP contribution in [0.1, 0.15) is 18.7 Å². The normalized spacial score (nSPS) is 10.7. The van der Waals surface area contributed by atoms with Crippen LogP contribution in [0.2, 0.25) is 0 Å². The second-order valence-electron chi connectivity index (χ2n) is 4.54. The number of nitrogens with two attached hydrogens (primary N) is 1. The van der Waals surface area contributed by atoms with Crippen LogP contribution in [-0.2, 0) is 6.42 Å². The van der Waals surface area contributed by atoms with E-state index in [1.165, 1.54) is 4.88 Å². The molecule has 19 heavy (non-hydrogen) atoms. The summed E-state index contributed by atoms with van der Waals surface area (Å²) in [5, 5.41) is 2.08. The quantitative estimate of drug-likeness (QED) is 0.818. The first-order valence-corrected chi connectivity index (χ1v) is 7.24. The molecule has 0 spiro atoms. The van der Waals surface area contributed by atoms with Gasteiger partial charge in [0.15, 0.2) is 0 Å². The van der Waals surface area contributed by atoms with Crippen molar-refractivity contribution < 1.29 is 9.47 Å². The van der Waals surface area contributed by atoms with Gasteiger partial charge in [-0.25, -0.2) is 0 Å². The molecule has 2 aromatic rings. The van der Waals surface area contributed by atoms with Crippen molar-refractivity contribution >= 4 is 17.0 Å². The van der Waals surface area contributed by atoms with E-state index in [2.05, 4.69) is 17.5 Å². The van der Waals surface area contributed by atoms with E-state index in [9.17, 15) is 0 Å². The fourth-order valence-corrected chi connectivity index (χ4v) is 2.38. The summed E-state index contributed by atoms with van der Waals surface area (Å²) in [6.07, 6.45) is 1.02. The largest absolute Gasteiger partial charge is 0.493 e. The van der Waals surface area contributed by atoms with Crippen LogP contribution in [0.25, 0.3) is 0 Å². The molecule has 3 nitrogen and oxygen atoms in total. The van der Waals surface area contributed by atoms with E-state index in [4.69, 9.17) is 15.2 Å². The Hall–Kier alpha value is -1.68. The highest BCUT2D eigenvalue weighted by Gasteiger charge is 2.05. The third kappa shape index (κ3) is 4.17. The van der Waals surface area contributed by atoms with Gasteiger partial charge in [-0.2, -0.15) is 0 Å². The topological polar surface area (TPSA) is 44.5 Å². The first-order valence-electron chi connectivity index (χ1n) is 6.36. The molecule has 0 aliphatic heterocycles. The molecule has 102 valence electrons. The summed E-state index contributed by atoms with van der Waals surface area (Å²) in [5.41, 5.74) is 6.50. The standard InChI is InChI=1S/C15H19NO2S/c1-11(2)18-15-10-12(5-6-14(15)16)17-8-7-13-4-3-9-19-13/h3-6,9-11H,7-8,16H2,1-2H3. The van der Waals surface area contributed by atoms with Crippen LogP contribution in [0.5, 0.6) is 11.5 Å². The Kier molecular flexibility index (Phi) is 4.68. The third-order valence-corrected chi connectivity index (χ3v) is 3.48. The fraction of sp³-hybridized carbons (Fsp3) is 0.333. The smallest absolute Gasteiger partial charge is 0.146 e. The van der Waals surface area contributed by atoms with Gasteiger partial charge >= 0.3 is 0 Å². The van der Waals surface area contributed by atoms with Crippen molar-refractivity contribution in [2.45, 2.75) is 26.4 Å². The zero-order valence-electron chi connectivity index (χ0n) is 11.3. The molecule has 0 amide bonds. The molecule has 0 aliphatic rings. The van der Waals surface area contributed by atoms with E-state index in [0.29, 0.717) is 18.0 Å². The number of rotatable bonds is 6. The maximum Gasteiger partial charge on any atom is 0.146 e. The second-order valence-corrected chi connectivity index (χ2v) is 5.58. The van der Waals surface area contributed by atoms with E-state index in [1.807, 2.05) is 32.0 Å². The summed E-state index contributed by atoms with van der Waals surface area (Å²) >= 11 is 1.75. The van der Waals surface area contributed by atoms with Crippen molar-refractivity contribution in [1.82, 2.24) is 0 Å². The van der Waals surface area contributed by atoms with Crippen molar-refractivity contribution in [2.24, 2.45) is 0 Å². The zero-order valence-corrected chi connectivity index (χ0v) is 12.1. The predicted octanol–water partition coefficient (Wildman–Crippen LogP) is 3.74. The lowest BCUT2D eigenvalue weighted by molar-refractivity contribution is 0.241. The molecule has 1 heterocycles. The molecule has 2 rings (SSSR count). The van der Waals surface area contributed by atoms with Crippen molar-refractivity contribution in [1.29, 1.82) is 0 Å². The van der Waals surface area contributed by atoms with Gasteiger partial charge in [0.05, 0.1) is 18.4 Å². The summed E-state index contributed by atoms with van der Waals surface area (Å²) in [5.74, 6) is 1.48. The fourth-order valence-electron chi connectivity index (χ4n) is 1.68. The minimum absolute atomic E-state index is 0.101. The van der Waals surface area contributed by atoms with E-state index in [0.717, 1.165) is 12.2 Å². The molecule has 4 heteroatoms. The molecule has 2 N–H and O–H groups in total. The summed E-state index contributed by atoms with van der Waals surface area (Å²) in [7, 11) is 0. The molecule has 0 fully saturated rings. The highest BCUT2D eigenvalue weighted by molar-refractivity contribution is 7.09. The van der Waals surface area contributed by atoms with Gasteiger partial charge in [0, 0.05) is 17.4 Å². The van der Waals surface area contributed by atoms with Crippen LogP contribution in [0, 0.1) is 0 Å². The Bertz CT molecular complexity index is 509. The second kappa shape index (κ2) is 6.48. The maximum atomic E-state index is 5.86. The van der Waals surface area contributed by atoms with Gasteiger partial charge in [-0.3, -0.25) is 0 Å². The van der Waals surface area contributed by atoms with Crippen molar-refractivity contribution in [3.8, 4) is 11.5 Å². The molecule has 0 atom stereocenters. The van der Waals surface area contributed by atoms with Crippen LogP contribution < -0.4 is 15.2 Å². The first kappa shape index (κ1) is 13.7. The van der Waals surface area contributed by atoms with Gasteiger partial charge in [-0.15, -0.1) is 11.3 Å². The van der Waals surface area contributed by atoms with E-state index in [-0.39, 0.29) is 6.10 Å². The lowest BCUT2D eigenvalue weighted by Gasteiger charge is -2.13. The van der Waals surface area contributed by atoms with Gasteiger partial charge < -0.3 is 15.2 Å². The molecule has 0 saturated heterocycles. The van der Waals surface area contributed by atoms with Gasteiger partial charge in [0.2, 0.25) is 0 Å². The lowest BCUT2D eigenvalue weighted by atomic mass is 10.2. The Morgan fingerprint density at radius 1 is 1.26 bits per heavy atom. The Morgan fingerprint density at radius 3 is 2.79 bits per heavy atom. The number of ether oxygens (including phenoxy) is 2. The molecule has 0 radical (unpaired) electrons. The Morgan fingerprint density at radius 2 is 2.11 bits per heavy atom. The molecular formula is C15H19NO2S. The average Bonchev–Trinajstić information content (AvgIpc) is 2.86. The first-order chi connectivity index (χ1) is 9.15. The maximum absolute atomic E-state index is 5.86. The minimum Gasteiger partial charge on any atom is -0.493 e. The molecule has 1 aromatic carbocycles. The predicted molar refractivity (Wildman–Crippen MR) is 80.1 cm³/mol. The van der Waals surface area contributed by atoms with Crippen LogP contribution in [-0.4, -0.2) is 12.7 Å². The monoisotopic (exact) mass is 277 g/mol. The number of hydrogen-bond acceptors (Lipinski definition) is 4. The van der Waals surface area contributed by atoms with Gasteiger partial charge in [0.1, 0.15) is 11.5 Å². The van der Waals surface area contributed by atoms with Crippen LogP contribution in [0.4, 0.5) is 5.69 Å². The molecule has 1 aromatic heterocycles. The highest BCUT2D eigenvalue weighted by Crippen LogP contribution is 2.28. The molecular weight excluding hydrogens is 258 g/mol. The minimum atomic E-state index is 0.101. The van der Waals surface area contributed by atoms with Crippen LogP contribution in [0.15, 0.2) is 35.7 Å². The average molecular weight is 277 g/mol. The van der Waals surface area contributed by atoms with Crippen molar-refractivity contribution in [3.63, 3.8) is 0 Å². The number of anilines is 1.